The van der Waals surface area contributed by atoms with Crippen molar-refractivity contribution in [3.63, 3.8) is 0 Å². The number of alkyl halides is 3. The van der Waals surface area contributed by atoms with E-state index in [4.69, 9.17) is 9.72 Å². The second-order valence-corrected chi connectivity index (χ2v) is 10.8. The van der Waals surface area contributed by atoms with Crippen molar-refractivity contribution < 1.29 is 35.9 Å². The molecule has 1 heterocycles. The van der Waals surface area contributed by atoms with Crippen LogP contribution < -0.4 is 9.04 Å². The van der Waals surface area contributed by atoms with Gasteiger partial charge in [0.25, 0.3) is 10.0 Å². The Bertz CT molecular complexity index is 1680. The number of hydrogen-bond donors (Lipinski definition) is 0. The highest BCUT2D eigenvalue weighted by Gasteiger charge is 2.32. The predicted octanol–water partition coefficient (Wildman–Crippen LogP) is 7.05. The van der Waals surface area contributed by atoms with Crippen molar-refractivity contribution in [1.29, 1.82) is 0 Å². The highest BCUT2D eigenvalue weighted by atomic mass is 32.2. The fourth-order valence-electron chi connectivity index (χ4n) is 4.28. The fourth-order valence-corrected chi connectivity index (χ4v) is 5.74. The van der Waals surface area contributed by atoms with Crippen LogP contribution in [0.25, 0.3) is 16.8 Å². The Morgan fingerprint density at radius 1 is 0.976 bits per heavy atom. The molecular formula is C30H27F3N2O5S. The van der Waals surface area contributed by atoms with E-state index < -0.39 is 28.1 Å². The largest absolute Gasteiger partial charge is 0.573 e. The normalized spacial score (nSPS) is 12.0. The first-order chi connectivity index (χ1) is 19.4. The Labute approximate surface area is 235 Å². The molecule has 0 aliphatic rings. The fraction of sp³-hybridized carbons (Fsp3) is 0.200. The van der Waals surface area contributed by atoms with Gasteiger partial charge in [-0.25, -0.2) is 22.5 Å². The Hall–Kier alpha value is -4.38. The van der Waals surface area contributed by atoms with Crippen molar-refractivity contribution in [3.8, 4) is 5.75 Å². The number of rotatable bonds is 9. The Morgan fingerprint density at radius 2 is 1.61 bits per heavy atom. The van der Waals surface area contributed by atoms with Gasteiger partial charge in [0.2, 0.25) is 0 Å². The van der Waals surface area contributed by atoms with Gasteiger partial charge in [0.1, 0.15) is 11.6 Å². The first kappa shape index (κ1) is 29.6. The molecule has 0 aliphatic carbocycles. The quantitative estimate of drug-likeness (QED) is 0.196. The zero-order chi connectivity index (χ0) is 29.8. The van der Waals surface area contributed by atoms with E-state index in [0.717, 1.165) is 27.2 Å². The lowest BCUT2D eigenvalue weighted by Gasteiger charge is -2.26. The Kier molecular flexibility index (Phi) is 8.67. The average Bonchev–Trinajstić information content (AvgIpc) is 2.94. The number of carbonyl (C=O) groups is 1. The molecule has 0 unspecified atom stereocenters. The molecule has 0 spiro atoms. The SMILES string of the molecule is C/C=C/c1nc(N(Cc2ccc(OC(F)(F)F)cc2)S(=O)(=O)c2ccc(C(=O)OCC)cc2)c(C)c2ccccc12. The third-order valence-corrected chi connectivity index (χ3v) is 7.92. The van der Waals surface area contributed by atoms with Crippen LogP contribution in [-0.4, -0.2) is 32.3 Å². The van der Waals surface area contributed by atoms with Crippen LogP contribution in [0.5, 0.6) is 5.75 Å². The number of esters is 1. The molecule has 0 amide bonds. The molecule has 7 nitrogen and oxygen atoms in total. The third kappa shape index (κ3) is 6.68. The van der Waals surface area contributed by atoms with Crippen molar-refractivity contribution in [1.82, 2.24) is 4.98 Å². The van der Waals surface area contributed by atoms with Crippen molar-refractivity contribution in [2.75, 3.05) is 10.9 Å². The van der Waals surface area contributed by atoms with Crippen LogP contribution in [0.3, 0.4) is 0 Å². The number of fused-ring (bicyclic) bond motifs is 1. The lowest BCUT2D eigenvalue weighted by atomic mass is 10.0. The number of carbonyl (C=O) groups excluding carboxylic acids is 1. The number of sulfonamides is 1. The molecule has 0 N–H and O–H groups in total. The molecule has 11 heteroatoms. The van der Waals surface area contributed by atoms with Crippen molar-refractivity contribution in [2.45, 2.75) is 38.6 Å². The summed E-state index contributed by atoms with van der Waals surface area (Å²) in [5.74, 6) is -0.861. The Balaban J connectivity index is 1.85. The number of benzene rings is 3. The first-order valence-electron chi connectivity index (χ1n) is 12.6. The van der Waals surface area contributed by atoms with Crippen LogP contribution in [0.15, 0.2) is 83.8 Å². The summed E-state index contributed by atoms with van der Waals surface area (Å²) in [5, 5.41) is 1.62. The lowest BCUT2D eigenvalue weighted by molar-refractivity contribution is -0.274. The zero-order valence-corrected chi connectivity index (χ0v) is 23.3. The predicted molar refractivity (Wildman–Crippen MR) is 150 cm³/mol. The minimum atomic E-state index is -4.86. The average molecular weight is 585 g/mol. The molecule has 214 valence electrons. The molecule has 1 aromatic heterocycles. The summed E-state index contributed by atoms with van der Waals surface area (Å²) in [4.78, 5) is 16.7. The first-order valence-corrected chi connectivity index (χ1v) is 14.0. The second kappa shape index (κ2) is 12.0. The lowest BCUT2D eigenvalue weighted by Crippen LogP contribution is -2.32. The summed E-state index contributed by atoms with van der Waals surface area (Å²) >= 11 is 0. The summed E-state index contributed by atoms with van der Waals surface area (Å²) in [6.07, 6.45) is -1.30. The van der Waals surface area contributed by atoms with Gasteiger partial charge in [0, 0.05) is 10.9 Å². The smallest absolute Gasteiger partial charge is 0.462 e. The number of nitrogens with zero attached hydrogens (tertiary/aromatic N) is 2. The maximum Gasteiger partial charge on any atom is 0.573 e. The molecule has 0 aliphatic heterocycles. The van der Waals surface area contributed by atoms with Gasteiger partial charge < -0.3 is 9.47 Å². The molecule has 0 bridgehead atoms. The number of aromatic nitrogens is 1. The number of halogens is 3. The molecule has 0 saturated carbocycles. The van der Waals surface area contributed by atoms with E-state index in [2.05, 4.69) is 4.74 Å². The van der Waals surface area contributed by atoms with E-state index in [1.165, 1.54) is 36.4 Å². The van der Waals surface area contributed by atoms with Crippen LogP contribution in [0.4, 0.5) is 19.0 Å². The van der Waals surface area contributed by atoms with Gasteiger partial charge in [-0.2, -0.15) is 0 Å². The van der Waals surface area contributed by atoms with Gasteiger partial charge in [0.15, 0.2) is 0 Å². The van der Waals surface area contributed by atoms with E-state index in [1.54, 1.807) is 26.0 Å². The highest BCUT2D eigenvalue weighted by Crippen LogP contribution is 2.34. The molecule has 0 radical (unpaired) electrons. The topological polar surface area (TPSA) is 85.8 Å². The van der Waals surface area contributed by atoms with Crippen molar-refractivity contribution >= 4 is 38.7 Å². The summed E-state index contributed by atoms with van der Waals surface area (Å²) in [6, 6.07) is 17.7. The number of aryl methyl sites for hydroxylation is 1. The van der Waals surface area contributed by atoms with E-state index >= 15 is 0 Å². The Morgan fingerprint density at radius 3 is 2.20 bits per heavy atom. The molecular weight excluding hydrogens is 557 g/mol. The van der Waals surface area contributed by atoms with Gasteiger partial charge in [-0.3, -0.25) is 0 Å². The third-order valence-electron chi connectivity index (χ3n) is 6.17. The van der Waals surface area contributed by atoms with Crippen LogP contribution in [0.2, 0.25) is 0 Å². The zero-order valence-electron chi connectivity index (χ0n) is 22.5. The van der Waals surface area contributed by atoms with E-state index in [9.17, 15) is 26.4 Å². The number of ether oxygens (including phenoxy) is 2. The van der Waals surface area contributed by atoms with E-state index in [-0.39, 0.29) is 29.4 Å². The van der Waals surface area contributed by atoms with Gasteiger partial charge in [-0.15, -0.1) is 13.2 Å². The van der Waals surface area contributed by atoms with E-state index in [1.807, 2.05) is 31.2 Å². The number of anilines is 1. The molecule has 0 atom stereocenters. The van der Waals surface area contributed by atoms with Gasteiger partial charge in [0.05, 0.1) is 29.3 Å². The van der Waals surface area contributed by atoms with Crippen LogP contribution in [-0.2, 0) is 21.3 Å². The second-order valence-electron chi connectivity index (χ2n) is 8.94. The van der Waals surface area contributed by atoms with Crippen LogP contribution in [0, 0.1) is 6.92 Å². The molecule has 3 aromatic carbocycles. The van der Waals surface area contributed by atoms with Gasteiger partial charge >= 0.3 is 12.3 Å². The minimum absolute atomic E-state index is 0.107. The maximum absolute atomic E-state index is 14.1. The molecule has 4 aromatic rings. The summed E-state index contributed by atoms with van der Waals surface area (Å²) < 4.78 is 76.3. The number of hydrogen-bond acceptors (Lipinski definition) is 6. The van der Waals surface area contributed by atoms with Gasteiger partial charge in [-0.1, -0.05) is 42.5 Å². The summed E-state index contributed by atoms with van der Waals surface area (Å²) in [7, 11) is -4.29. The monoisotopic (exact) mass is 584 g/mol. The number of pyridine rings is 1. The standard InChI is InChI=1S/C30H27F3N2O5S/c1-4-8-27-26-10-7-6-9-25(26)20(3)28(34-27)35(19-21-11-15-23(16-12-21)40-30(31,32)33)41(37,38)24-17-13-22(14-18-24)29(36)39-5-2/h4,6-18H,5,19H2,1-3H3/b8-4+. The molecule has 4 rings (SSSR count). The van der Waals surface area contributed by atoms with Crippen LogP contribution >= 0.6 is 0 Å². The molecule has 0 saturated heterocycles. The van der Waals surface area contributed by atoms with Crippen molar-refractivity contribution in [2.24, 2.45) is 0 Å². The van der Waals surface area contributed by atoms with Crippen LogP contribution in [0.1, 0.15) is 41.0 Å². The minimum Gasteiger partial charge on any atom is -0.462 e. The summed E-state index contributed by atoms with van der Waals surface area (Å²) in [6.45, 7) is 5.17. The number of allylic oxidation sites excluding steroid dienone is 1. The van der Waals surface area contributed by atoms with Crippen molar-refractivity contribution in [3.05, 3.63) is 101 Å². The highest BCUT2D eigenvalue weighted by molar-refractivity contribution is 7.92. The molecule has 41 heavy (non-hydrogen) atoms. The summed E-state index contributed by atoms with van der Waals surface area (Å²) in [5.41, 5.74) is 1.73. The molecule has 0 fully saturated rings. The maximum atomic E-state index is 14.1. The van der Waals surface area contributed by atoms with E-state index in [0.29, 0.717) is 16.8 Å². The van der Waals surface area contributed by atoms with Gasteiger partial charge in [-0.05, 0) is 74.2 Å².